The molecular weight excluding hydrogens is 252 g/mol. The molecule has 1 rings (SSSR count). The van der Waals surface area contributed by atoms with Gasteiger partial charge in [0.05, 0.1) is 24.4 Å². The lowest BCUT2D eigenvalue weighted by Crippen LogP contribution is -2.48. The molecule has 0 bridgehead atoms. The predicted molar refractivity (Wildman–Crippen MR) is 82.4 cm³/mol. The van der Waals surface area contributed by atoms with E-state index in [0.717, 1.165) is 6.42 Å². The highest BCUT2D eigenvalue weighted by Crippen LogP contribution is 2.26. The first-order valence-corrected chi connectivity index (χ1v) is 7.94. The SMILES string of the molecule is CCOC(C)(C)CN1C(=O)C(C(C)CC)NC1C(C)C. The minimum atomic E-state index is -0.302. The Kier molecular flexibility index (Phi) is 6.02. The van der Waals surface area contributed by atoms with Crippen LogP contribution >= 0.6 is 0 Å². The molecule has 0 spiro atoms. The zero-order chi connectivity index (χ0) is 15.5. The number of nitrogens with zero attached hydrogens (tertiary/aromatic N) is 1. The molecule has 0 aromatic carbocycles. The van der Waals surface area contributed by atoms with Crippen LogP contribution in [0, 0.1) is 11.8 Å². The molecular formula is C16H32N2O2. The fourth-order valence-electron chi connectivity index (χ4n) is 2.88. The maximum atomic E-state index is 12.7. The molecule has 3 unspecified atom stereocenters. The van der Waals surface area contributed by atoms with Gasteiger partial charge in [0, 0.05) is 6.61 Å². The Hall–Kier alpha value is -0.610. The molecule has 4 heteroatoms. The Balaban J connectivity index is 2.87. The summed E-state index contributed by atoms with van der Waals surface area (Å²) >= 11 is 0. The Labute approximate surface area is 124 Å². The van der Waals surface area contributed by atoms with E-state index >= 15 is 0 Å². The normalized spacial score (nSPS) is 25.6. The highest BCUT2D eigenvalue weighted by atomic mass is 16.5. The first-order valence-electron chi connectivity index (χ1n) is 7.94. The summed E-state index contributed by atoms with van der Waals surface area (Å²) in [7, 11) is 0. The van der Waals surface area contributed by atoms with E-state index in [1.807, 2.05) is 11.8 Å². The van der Waals surface area contributed by atoms with Crippen molar-refractivity contribution in [3.63, 3.8) is 0 Å². The van der Waals surface area contributed by atoms with Crippen LogP contribution in [0.5, 0.6) is 0 Å². The molecule has 1 N–H and O–H groups in total. The highest BCUT2D eigenvalue weighted by Gasteiger charge is 2.44. The molecule has 1 amide bonds. The van der Waals surface area contributed by atoms with Crippen molar-refractivity contribution in [1.29, 1.82) is 0 Å². The van der Waals surface area contributed by atoms with Gasteiger partial charge in [0.15, 0.2) is 0 Å². The van der Waals surface area contributed by atoms with E-state index in [-0.39, 0.29) is 23.7 Å². The van der Waals surface area contributed by atoms with Crippen LogP contribution in [0.25, 0.3) is 0 Å². The van der Waals surface area contributed by atoms with Crippen molar-refractivity contribution >= 4 is 5.91 Å². The summed E-state index contributed by atoms with van der Waals surface area (Å²) < 4.78 is 5.77. The Morgan fingerprint density at radius 3 is 2.35 bits per heavy atom. The molecule has 0 aromatic rings. The van der Waals surface area contributed by atoms with E-state index in [1.54, 1.807) is 0 Å². The molecule has 1 fully saturated rings. The van der Waals surface area contributed by atoms with Crippen molar-refractivity contribution in [2.45, 2.75) is 72.7 Å². The van der Waals surface area contributed by atoms with Crippen molar-refractivity contribution in [1.82, 2.24) is 10.2 Å². The first kappa shape index (κ1) is 17.4. The third kappa shape index (κ3) is 3.95. The van der Waals surface area contributed by atoms with E-state index in [9.17, 15) is 4.79 Å². The molecule has 0 aromatic heterocycles. The topological polar surface area (TPSA) is 41.6 Å². The van der Waals surface area contributed by atoms with Gasteiger partial charge in [0.1, 0.15) is 0 Å². The van der Waals surface area contributed by atoms with Gasteiger partial charge in [0.2, 0.25) is 5.91 Å². The second kappa shape index (κ2) is 6.90. The van der Waals surface area contributed by atoms with Crippen LogP contribution < -0.4 is 5.32 Å². The van der Waals surface area contributed by atoms with Crippen LogP contribution in [0.1, 0.15) is 54.9 Å². The summed E-state index contributed by atoms with van der Waals surface area (Å²) in [5.74, 6) is 0.986. The third-order valence-electron chi connectivity index (χ3n) is 4.17. The molecule has 20 heavy (non-hydrogen) atoms. The largest absolute Gasteiger partial charge is 0.374 e. The van der Waals surface area contributed by atoms with Gasteiger partial charge in [-0.05, 0) is 32.6 Å². The van der Waals surface area contributed by atoms with Crippen LogP contribution in [-0.4, -0.2) is 41.8 Å². The predicted octanol–water partition coefficient (Wildman–Crippen LogP) is 2.63. The van der Waals surface area contributed by atoms with Crippen LogP contribution in [-0.2, 0) is 9.53 Å². The maximum absolute atomic E-state index is 12.7. The van der Waals surface area contributed by atoms with Crippen molar-refractivity contribution in [3.8, 4) is 0 Å². The smallest absolute Gasteiger partial charge is 0.241 e. The molecule has 3 atom stereocenters. The van der Waals surface area contributed by atoms with E-state index in [0.29, 0.717) is 25.0 Å². The van der Waals surface area contributed by atoms with Crippen LogP contribution in [0.4, 0.5) is 0 Å². The van der Waals surface area contributed by atoms with E-state index in [1.165, 1.54) is 0 Å². The summed E-state index contributed by atoms with van der Waals surface area (Å²) in [6, 6.07) is -0.0511. The second-order valence-corrected chi connectivity index (χ2v) is 6.88. The average Bonchev–Trinajstić information content (AvgIpc) is 2.66. The minimum absolute atomic E-state index is 0.0511. The highest BCUT2D eigenvalue weighted by molar-refractivity contribution is 5.84. The molecule has 1 heterocycles. The summed E-state index contributed by atoms with van der Waals surface area (Å²) in [5, 5.41) is 3.53. The van der Waals surface area contributed by atoms with Gasteiger partial charge < -0.3 is 9.64 Å². The molecule has 0 aliphatic carbocycles. The lowest BCUT2D eigenvalue weighted by atomic mass is 9.99. The molecule has 1 aliphatic heterocycles. The van der Waals surface area contributed by atoms with Gasteiger partial charge in [-0.15, -0.1) is 0 Å². The number of carbonyl (C=O) groups is 1. The standard InChI is InChI=1S/C16H32N2O2/c1-8-12(5)13-15(19)18(14(17-13)11(3)4)10-16(6,7)20-9-2/h11-14,17H,8-10H2,1-7H3. The Morgan fingerprint density at radius 1 is 1.30 bits per heavy atom. The van der Waals surface area contributed by atoms with Crippen LogP contribution in [0.3, 0.4) is 0 Å². The quantitative estimate of drug-likeness (QED) is 0.781. The zero-order valence-electron chi connectivity index (χ0n) is 14.2. The fraction of sp³-hybridized carbons (Fsp3) is 0.938. The zero-order valence-corrected chi connectivity index (χ0v) is 14.2. The lowest BCUT2D eigenvalue weighted by molar-refractivity contribution is -0.136. The first-order chi connectivity index (χ1) is 9.23. The summed E-state index contributed by atoms with van der Waals surface area (Å²) in [4.78, 5) is 14.7. The van der Waals surface area contributed by atoms with Crippen molar-refractivity contribution in [3.05, 3.63) is 0 Å². The van der Waals surface area contributed by atoms with Gasteiger partial charge in [-0.2, -0.15) is 0 Å². The van der Waals surface area contributed by atoms with Crippen LogP contribution in [0.15, 0.2) is 0 Å². The number of hydrogen-bond donors (Lipinski definition) is 1. The number of nitrogens with one attached hydrogen (secondary N) is 1. The van der Waals surface area contributed by atoms with Gasteiger partial charge in [0.25, 0.3) is 0 Å². The molecule has 0 radical (unpaired) electrons. The molecule has 1 saturated heterocycles. The number of carbonyl (C=O) groups excluding carboxylic acids is 1. The van der Waals surface area contributed by atoms with Crippen LogP contribution in [0.2, 0.25) is 0 Å². The second-order valence-electron chi connectivity index (χ2n) is 6.88. The molecule has 118 valence electrons. The summed E-state index contributed by atoms with van der Waals surface area (Å²) in [6.07, 6.45) is 1.12. The van der Waals surface area contributed by atoms with E-state index in [4.69, 9.17) is 4.74 Å². The van der Waals surface area contributed by atoms with E-state index < -0.39 is 0 Å². The Morgan fingerprint density at radius 2 is 1.90 bits per heavy atom. The monoisotopic (exact) mass is 284 g/mol. The van der Waals surface area contributed by atoms with Gasteiger partial charge in [-0.25, -0.2) is 0 Å². The minimum Gasteiger partial charge on any atom is -0.374 e. The number of hydrogen-bond acceptors (Lipinski definition) is 3. The molecule has 1 aliphatic rings. The van der Waals surface area contributed by atoms with Crippen molar-refractivity contribution < 1.29 is 9.53 Å². The third-order valence-corrected chi connectivity index (χ3v) is 4.17. The maximum Gasteiger partial charge on any atom is 0.241 e. The summed E-state index contributed by atoms with van der Waals surface area (Å²) in [5.41, 5.74) is -0.302. The molecule has 0 saturated carbocycles. The molecule has 4 nitrogen and oxygen atoms in total. The Bertz CT molecular complexity index is 328. The van der Waals surface area contributed by atoms with E-state index in [2.05, 4.69) is 46.9 Å². The van der Waals surface area contributed by atoms with Gasteiger partial charge in [-0.1, -0.05) is 34.1 Å². The average molecular weight is 284 g/mol. The number of rotatable bonds is 7. The van der Waals surface area contributed by atoms with Crippen molar-refractivity contribution in [2.24, 2.45) is 11.8 Å². The fourth-order valence-corrected chi connectivity index (χ4v) is 2.88. The lowest BCUT2D eigenvalue weighted by Gasteiger charge is -2.34. The van der Waals surface area contributed by atoms with Gasteiger partial charge >= 0.3 is 0 Å². The number of ether oxygens (including phenoxy) is 1. The van der Waals surface area contributed by atoms with Gasteiger partial charge in [-0.3, -0.25) is 10.1 Å². The number of amides is 1. The van der Waals surface area contributed by atoms with Crippen molar-refractivity contribution in [2.75, 3.05) is 13.2 Å². The summed E-state index contributed by atoms with van der Waals surface area (Å²) in [6.45, 7) is 16.0.